The van der Waals surface area contributed by atoms with Crippen LogP contribution in [0.5, 0.6) is 5.75 Å². The first kappa shape index (κ1) is 23.9. The number of carbonyl (C=O) groups excluding carboxylic acids is 1. The van der Waals surface area contributed by atoms with Gasteiger partial charge in [-0.05, 0) is 75.8 Å². The van der Waals surface area contributed by atoms with Gasteiger partial charge in [0.15, 0.2) is 0 Å². The molecular weight excluding hydrogens is 428 g/mol. The van der Waals surface area contributed by atoms with Gasteiger partial charge in [-0.2, -0.15) is 0 Å². The van der Waals surface area contributed by atoms with Gasteiger partial charge in [0.25, 0.3) is 0 Å². The fourth-order valence-electron chi connectivity index (χ4n) is 6.49. The lowest BCUT2D eigenvalue weighted by atomic mass is 9.84. The summed E-state index contributed by atoms with van der Waals surface area (Å²) in [5.74, 6) is 3.74. The highest BCUT2D eigenvalue weighted by Gasteiger charge is 2.29. The Hall–Kier alpha value is -1.86. The van der Waals surface area contributed by atoms with Crippen LogP contribution in [0.15, 0.2) is 12.3 Å². The topological polar surface area (TPSA) is 66.9 Å². The van der Waals surface area contributed by atoms with E-state index in [9.17, 15) is 4.79 Å². The summed E-state index contributed by atoms with van der Waals surface area (Å²) < 4.78 is 11.2. The van der Waals surface area contributed by atoms with Gasteiger partial charge >= 0.3 is 0 Å². The molecule has 1 saturated heterocycles. The third kappa shape index (κ3) is 5.85. The van der Waals surface area contributed by atoms with E-state index in [1.54, 1.807) is 7.11 Å². The average Bonchev–Trinajstić information content (AvgIpc) is 3.53. The molecule has 0 spiro atoms. The molecule has 3 heterocycles. The highest BCUT2D eigenvalue weighted by atomic mass is 16.5. The first-order chi connectivity index (χ1) is 16.7. The van der Waals surface area contributed by atoms with Crippen molar-refractivity contribution in [1.29, 1.82) is 0 Å². The maximum absolute atomic E-state index is 12.5. The summed E-state index contributed by atoms with van der Waals surface area (Å²) >= 11 is 0. The number of nitrogens with one attached hydrogen (secondary N) is 1. The number of carbonyl (C=O) groups is 1. The first-order valence-corrected chi connectivity index (χ1v) is 13.6. The lowest BCUT2D eigenvalue weighted by Crippen LogP contribution is -2.47. The fourth-order valence-corrected chi connectivity index (χ4v) is 6.49. The average molecular weight is 471 g/mol. The molecule has 7 heteroatoms. The maximum atomic E-state index is 12.5. The smallest absolute Gasteiger partial charge is 0.220 e. The number of nitrogens with zero attached hydrogens (tertiary/aromatic N) is 3. The normalized spacial score (nSPS) is 29.6. The summed E-state index contributed by atoms with van der Waals surface area (Å²) in [6.45, 7) is 6.31. The van der Waals surface area contributed by atoms with Gasteiger partial charge < -0.3 is 19.7 Å². The molecule has 7 nitrogen and oxygen atoms in total. The second-order valence-electron chi connectivity index (χ2n) is 10.9. The Kier molecular flexibility index (Phi) is 7.90. The SMILES string of the molecule is CO[C@H]1CC[C@H](CC(=O)NC2CCC(CCN3CCN(c4nccc5c4CCO5)CC3)CC2)C1. The molecule has 4 aliphatic rings. The number of aromatic nitrogens is 1. The van der Waals surface area contributed by atoms with Gasteiger partial charge in [-0.1, -0.05) is 0 Å². The van der Waals surface area contributed by atoms with Crippen LogP contribution >= 0.6 is 0 Å². The Morgan fingerprint density at radius 1 is 1.12 bits per heavy atom. The van der Waals surface area contributed by atoms with Gasteiger partial charge in [0.2, 0.25) is 5.91 Å². The molecule has 34 heavy (non-hydrogen) atoms. The Labute approximate surface area is 204 Å². The van der Waals surface area contributed by atoms with Crippen molar-refractivity contribution in [2.45, 2.75) is 76.4 Å². The van der Waals surface area contributed by atoms with E-state index >= 15 is 0 Å². The molecular formula is C27H42N4O3. The molecule has 3 fully saturated rings. The minimum absolute atomic E-state index is 0.258. The van der Waals surface area contributed by atoms with Gasteiger partial charge in [-0.3, -0.25) is 9.69 Å². The minimum Gasteiger partial charge on any atom is -0.493 e. The second kappa shape index (κ2) is 11.3. The molecule has 188 valence electrons. The highest BCUT2D eigenvalue weighted by Crippen LogP contribution is 2.33. The number of hydrogen-bond acceptors (Lipinski definition) is 6. The summed E-state index contributed by atoms with van der Waals surface area (Å²) in [5.41, 5.74) is 1.29. The monoisotopic (exact) mass is 470 g/mol. The van der Waals surface area contributed by atoms with Crippen LogP contribution in [0.1, 0.15) is 63.4 Å². The zero-order valence-corrected chi connectivity index (χ0v) is 20.8. The highest BCUT2D eigenvalue weighted by molar-refractivity contribution is 5.76. The molecule has 1 N–H and O–H groups in total. The lowest BCUT2D eigenvalue weighted by Gasteiger charge is -2.37. The number of pyridine rings is 1. The van der Waals surface area contributed by atoms with E-state index in [2.05, 4.69) is 20.1 Å². The van der Waals surface area contributed by atoms with Crippen LogP contribution in [0.4, 0.5) is 5.82 Å². The van der Waals surface area contributed by atoms with Crippen LogP contribution in [0.3, 0.4) is 0 Å². The van der Waals surface area contributed by atoms with Crippen molar-refractivity contribution >= 4 is 11.7 Å². The molecule has 0 unspecified atom stereocenters. The zero-order valence-electron chi connectivity index (χ0n) is 20.8. The summed E-state index contributed by atoms with van der Waals surface area (Å²) in [4.78, 5) is 22.2. The predicted octanol–water partition coefficient (Wildman–Crippen LogP) is 3.41. The lowest BCUT2D eigenvalue weighted by molar-refractivity contribution is -0.123. The molecule has 2 aliphatic carbocycles. The molecule has 0 bridgehead atoms. The molecule has 1 amide bonds. The maximum Gasteiger partial charge on any atom is 0.220 e. The van der Waals surface area contributed by atoms with E-state index in [1.165, 1.54) is 31.4 Å². The van der Waals surface area contributed by atoms with Crippen LogP contribution in [-0.4, -0.2) is 74.4 Å². The number of hydrogen-bond donors (Lipinski definition) is 1. The molecule has 1 aromatic rings. The van der Waals surface area contributed by atoms with Crippen LogP contribution in [0.2, 0.25) is 0 Å². The quantitative estimate of drug-likeness (QED) is 0.628. The second-order valence-corrected chi connectivity index (χ2v) is 10.9. The fraction of sp³-hybridized carbons (Fsp3) is 0.778. The van der Waals surface area contributed by atoms with Crippen molar-refractivity contribution in [2.24, 2.45) is 11.8 Å². The molecule has 2 saturated carbocycles. The molecule has 2 atom stereocenters. The third-order valence-electron chi connectivity index (χ3n) is 8.64. The number of amides is 1. The van der Waals surface area contributed by atoms with Crippen LogP contribution in [0.25, 0.3) is 0 Å². The van der Waals surface area contributed by atoms with E-state index in [1.807, 2.05) is 12.3 Å². The Morgan fingerprint density at radius 3 is 2.68 bits per heavy atom. The summed E-state index contributed by atoms with van der Waals surface area (Å²) in [5, 5.41) is 3.33. The van der Waals surface area contributed by atoms with Crippen LogP contribution in [-0.2, 0) is 16.0 Å². The Balaban J connectivity index is 0.973. The van der Waals surface area contributed by atoms with E-state index in [0.717, 1.165) is 88.8 Å². The van der Waals surface area contributed by atoms with E-state index < -0.39 is 0 Å². The van der Waals surface area contributed by atoms with Gasteiger partial charge in [0.05, 0.1) is 12.7 Å². The number of ether oxygens (including phenoxy) is 2. The van der Waals surface area contributed by atoms with Crippen molar-refractivity contribution in [3.05, 3.63) is 17.8 Å². The van der Waals surface area contributed by atoms with Crippen molar-refractivity contribution in [3.8, 4) is 5.75 Å². The van der Waals surface area contributed by atoms with Crippen LogP contribution in [0, 0.1) is 11.8 Å². The van der Waals surface area contributed by atoms with Gasteiger partial charge in [0.1, 0.15) is 11.6 Å². The zero-order chi connectivity index (χ0) is 23.3. The van der Waals surface area contributed by atoms with E-state index in [4.69, 9.17) is 9.47 Å². The molecule has 2 aliphatic heterocycles. The first-order valence-electron chi connectivity index (χ1n) is 13.6. The summed E-state index contributed by atoms with van der Waals surface area (Å²) in [6, 6.07) is 2.38. The molecule has 0 radical (unpaired) electrons. The van der Waals surface area contributed by atoms with Crippen LogP contribution < -0.4 is 15.0 Å². The number of rotatable bonds is 8. The largest absolute Gasteiger partial charge is 0.493 e. The van der Waals surface area contributed by atoms with Crippen molar-refractivity contribution in [1.82, 2.24) is 15.2 Å². The Morgan fingerprint density at radius 2 is 1.91 bits per heavy atom. The predicted molar refractivity (Wildman–Crippen MR) is 133 cm³/mol. The van der Waals surface area contributed by atoms with Crippen molar-refractivity contribution in [2.75, 3.05) is 51.3 Å². The van der Waals surface area contributed by atoms with Gasteiger partial charge in [-0.15, -0.1) is 0 Å². The number of anilines is 1. The summed E-state index contributed by atoms with van der Waals surface area (Å²) in [6.07, 6.45) is 13.3. The standard InChI is InChI=1S/C27H42N4O3/c1-33-23-7-4-21(18-23)19-26(32)29-22-5-2-20(3-6-22)9-12-30-13-15-31(16-14-30)27-24-10-17-34-25(24)8-11-28-27/h8,11,20-23H,2-7,9-10,12-19H2,1H3,(H,29,32)/t20?,21-,22?,23-/m0/s1. The minimum atomic E-state index is 0.258. The number of piperazine rings is 1. The number of fused-ring (bicyclic) bond motifs is 1. The molecule has 5 rings (SSSR count). The van der Waals surface area contributed by atoms with Crippen molar-refractivity contribution < 1.29 is 14.3 Å². The number of methoxy groups -OCH3 is 1. The van der Waals surface area contributed by atoms with Gasteiger partial charge in [-0.25, -0.2) is 4.98 Å². The van der Waals surface area contributed by atoms with E-state index in [0.29, 0.717) is 24.5 Å². The van der Waals surface area contributed by atoms with Crippen molar-refractivity contribution in [3.63, 3.8) is 0 Å². The molecule has 1 aromatic heterocycles. The Bertz CT molecular complexity index is 818. The third-order valence-corrected chi connectivity index (χ3v) is 8.64. The van der Waals surface area contributed by atoms with Gasteiger partial charge in [0, 0.05) is 63.9 Å². The molecule has 0 aromatic carbocycles. The summed E-state index contributed by atoms with van der Waals surface area (Å²) in [7, 11) is 1.79. The van der Waals surface area contributed by atoms with E-state index in [-0.39, 0.29) is 5.91 Å².